The summed E-state index contributed by atoms with van der Waals surface area (Å²) in [5.41, 5.74) is 2.13. The van der Waals surface area contributed by atoms with Crippen molar-refractivity contribution in [1.29, 1.82) is 0 Å². The molecule has 0 aliphatic carbocycles. The molecule has 0 aliphatic heterocycles. The van der Waals surface area contributed by atoms with E-state index in [0.29, 0.717) is 29.0 Å². The van der Waals surface area contributed by atoms with Crippen molar-refractivity contribution in [2.45, 2.75) is 27.7 Å². The number of halogens is 1. The van der Waals surface area contributed by atoms with E-state index in [1.165, 1.54) is 23.1 Å². The van der Waals surface area contributed by atoms with Crippen LogP contribution in [0.2, 0.25) is 0 Å². The topological polar surface area (TPSA) is 105 Å². The minimum atomic E-state index is -1.11. The van der Waals surface area contributed by atoms with Gasteiger partial charge in [-0.25, -0.2) is 18.9 Å². The molecule has 0 bridgehead atoms. The van der Waals surface area contributed by atoms with Crippen LogP contribution in [0.4, 0.5) is 10.2 Å². The summed E-state index contributed by atoms with van der Waals surface area (Å²) in [6.07, 6.45) is 2.53. The van der Waals surface area contributed by atoms with E-state index in [-0.39, 0.29) is 17.3 Å². The lowest BCUT2D eigenvalue weighted by atomic mass is 10.1. The number of likely N-dealkylation sites (N-methyl/N-ethyl adjacent to an activating group) is 1. The Hall–Kier alpha value is -4.05. The van der Waals surface area contributed by atoms with Gasteiger partial charge in [-0.2, -0.15) is 10.1 Å². The lowest BCUT2D eigenvalue weighted by Gasteiger charge is -2.19. The highest BCUT2D eigenvalue weighted by Crippen LogP contribution is 2.34. The minimum Gasteiger partial charge on any atom is -0.478 e. The summed E-state index contributed by atoms with van der Waals surface area (Å²) in [6.45, 7) is 11.2. The lowest BCUT2D eigenvalue weighted by Crippen LogP contribution is -2.28. The third-order valence-corrected chi connectivity index (χ3v) is 6.01. The first kappa shape index (κ1) is 25.1. The van der Waals surface area contributed by atoms with Crippen LogP contribution in [-0.2, 0) is 0 Å². The maximum atomic E-state index is 15.2. The third kappa shape index (κ3) is 5.28. The van der Waals surface area contributed by atoms with Crippen LogP contribution in [0.1, 0.15) is 35.3 Å². The van der Waals surface area contributed by atoms with Gasteiger partial charge in [-0.3, -0.25) is 0 Å². The number of carboxylic acid groups (broad SMARTS) is 1. The summed E-state index contributed by atoms with van der Waals surface area (Å²) in [4.78, 5) is 22.6. The predicted molar refractivity (Wildman–Crippen MR) is 136 cm³/mol. The summed E-state index contributed by atoms with van der Waals surface area (Å²) in [6, 6.07) is 8.62. The van der Waals surface area contributed by atoms with E-state index >= 15 is 4.39 Å². The maximum absolute atomic E-state index is 15.2. The quantitative estimate of drug-likeness (QED) is 0.325. The molecule has 0 unspecified atom stereocenters. The van der Waals surface area contributed by atoms with Crippen molar-refractivity contribution in [3.8, 4) is 17.4 Å². The molecule has 188 valence electrons. The number of fused-ring (bicyclic) bond motifs is 1. The van der Waals surface area contributed by atoms with Gasteiger partial charge in [-0.1, -0.05) is 32.0 Å². The molecule has 0 radical (unpaired) electrons. The van der Waals surface area contributed by atoms with E-state index in [2.05, 4.69) is 39.1 Å². The van der Waals surface area contributed by atoms with Crippen molar-refractivity contribution < 1.29 is 19.0 Å². The molecule has 0 saturated carbocycles. The van der Waals surface area contributed by atoms with E-state index in [9.17, 15) is 9.90 Å². The monoisotopic (exact) mass is 492 g/mol. The number of rotatable bonds is 10. The fraction of sp³-hybridized carbons (Fsp3) is 0.308. The molecule has 4 rings (SSSR count). The second kappa shape index (κ2) is 10.7. The Morgan fingerprint density at radius 3 is 2.53 bits per heavy atom. The van der Waals surface area contributed by atoms with Crippen LogP contribution in [-0.4, -0.2) is 61.9 Å². The van der Waals surface area contributed by atoms with Gasteiger partial charge in [0.25, 0.3) is 5.95 Å². The number of carboxylic acids is 1. The van der Waals surface area contributed by atoms with Gasteiger partial charge in [0.05, 0.1) is 17.3 Å². The summed E-state index contributed by atoms with van der Waals surface area (Å²) >= 11 is 0. The van der Waals surface area contributed by atoms with Crippen molar-refractivity contribution in [1.82, 2.24) is 24.6 Å². The third-order valence-electron chi connectivity index (χ3n) is 6.01. The number of aromatic carboxylic acids is 1. The number of benzene rings is 2. The lowest BCUT2D eigenvalue weighted by molar-refractivity contribution is 0.0697. The number of anilines is 1. The molecule has 2 heterocycles. The van der Waals surface area contributed by atoms with Crippen LogP contribution in [0.3, 0.4) is 0 Å². The number of hydrogen-bond acceptors (Lipinski definition) is 7. The largest absolute Gasteiger partial charge is 0.478 e. The smallest absolute Gasteiger partial charge is 0.338 e. The Kier molecular flexibility index (Phi) is 7.44. The first-order valence-electron chi connectivity index (χ1n) is 11.8. The zero-order valence-corrected chi connectivity index (χ0v) is 20.7. The highest BCUT2D eigenvalue weighted by Gasteiger charge is 2.17. The average molecular weight is 493 g/mol. The van der Waals surface area contributed by atoms with Crippen LogP contribution >= 0.6 is 0 Å². The predicted octanol–water partition coefficient (Wildman–Crippen LogP) is 4.82. The number of para-hydroxylation sites is 1. The van der Waals surface area contributed by atoms with Gasteiger partial charge >= 0.3 is 5.97 Å². The van der Waals surface area contributed by atoms with E-state index in [4.69, 9.17) is 4.74 Å². The Balaban J connectivity index is 1.77. The summed E-state index contributed by atoms with van der Waals surface area (Å²) < 4.78 is 22.4. The van der Waals surface area contributed by atoms with Gasteiger partial charge in [-0.15, -0.1) is 0 Å². The molecule has 2 aromatic heterocycles. The van der Waals surface area contributed by atoms with Crippen molar-refractivity contribution in [3.05, 3.63) is 65.2 Å². The maximum Gasteiger partial charge on any atom is 0.338 e. The molecule has 0 amide bonds. The zero-order valence-electron chi connectivity index (χ0n) is 20.7. The normalized spacial score (nSPS) is 11.3. The van der Waals surface area contributed by atoms with Gasteiger partial charge in [-0.05, 0) is 44.1 Å². The van der Waals surface area contributed by atoms with Crippen LogP contribution in [0, 0.1) is 19.7 Å². The molecule has 0 aliphatic rings. The minimum absolute atomic E-state index is 0.00160. The van der Waals surface area contributed by atoms with Crippen molar-refractivity contribution in [3.63, 3.8) is 0 Å². The van der Waals surface area contributed by atoms with E-state index in [1.807, 2.05) is 32.0 Å². The highest BCUT2D eigenvalue weighted by atomic mass is 19.1. The summed E-state index contributed by atoms with van der Waals surface area (Å²) in [5.74, 6) is -0.420. The van der Waals surface area contributed by atoms with Crippen molar-refractivity contribution in [2.75, 3.05) is 31.5 Å². The van der Waals surface area contributed by atoms with Crippen LogP contribution in [0.15, 0.2) is 42.7 Å². The van der Waals surface area contributed by atoms with Gasteiger partial charge < -0.3 is 20.1 Å². The van der Waals surface area contributed by atoms with Gasteiger partial charge in [0.1, 0.15) is 11.6 Å². The summed E-state index contributed by atoms with van der Waals surface area (Å²) in [7, 11) is 0. The SMILES string of the molecule is CCN(CC)CCNc1nc(-n2cc(C(=O)O)cn2)nc2cc(F)c(Oc3c(C)cccc3C)cc12. The van der Waals surface area contributed by atoms with Gasteiger partial charge in [0.15, 0.2) is 11.6 Å². The Morgan fingerprint density at radius 2 is 1.89 bits per heavy atom. The molecule has 2 N–H and O–H groups in total. The van der Waals surface area contributed by atoms with Crippen LogP contribution < -0.4 is 10.1 Å². The number of hydrogen-bond donors (Lipinski definition) is 2. The first-order chi connectivity index (χ1) is 17.3. The molecule has 2 aromatic carbocycles. The van der Waals surface area contributed by atoms with Crippen molar-refractivity contribution in [2.24, 2.45) is 0 Å². The number of nitrogens with one attached hydrogen (secondary N) is 1. The zero-order chi connectivity index (χ0) is 25.8. The number of carbonyl (C=O) groups is 1. The van der Waals surface area contributed by atoms with Crippen LogP contribution in [0.5, 0.6) is 11.5 Å². The highest BCUT2D eigenvalue weighted by molar-refractivity contribution is 5.91. The number of aryl methyl sites for hydroxylation is 2. The fourth-order valence-electron chi connectivity index (χ4n) is 3.92. The van der Waals surface area contributed by atoms with Gasteiger partial charge in [0, 0.05) is 30.7 Å². The number of ether oxygens (including phenoxy) is 1. The molecule has 0 fully saturated rings. The van der Waals surface area contributed by atoms with Crippen LogP contribution in [0.25, 0.3) is 16.9 Å². The van der Waals surface area contributed by atoms with Crippen molar-refractivity contribution >= 4 is 22.7 Å². The average Bonchev–Trinajstić information content (AvgIpc) is 3.35. The molecule has 4 aromatic rings. The first-order valence-corrected chi connectivity index (χ1v) is 11.8. The van der Waals surface area contributed by atoms with E-state index < -0.39 is 11.8 Å². The van der Waals surface area contributed by atoms with E-state index in [1.54, 1.807) is 6.07 Å². The number of nitrogens with zero attached hydrogens (tertiary/aromatic N) is 5. The molecule has 9 nitrogen and oxygen atoms in total. The van der Waals surface area contributed by atoms with E-state index in [0.717, 1.165) is 30.8 Å². The van der Waals surface area contributed by atoms with Gasteiger partial charge in [0.2, 0.25) is 0 Å². The standard InChI is InChI=1S/C26H29FN6O3/c1-5-32(6-2)11-10-28-24-19-12-22(36-23-16(3)8-7-9-17(23)4)20(27)13-21(19)30-26(31-24)33-15-18(14-29-33)25(34)35/h7-9,12-15H,5-6,10-11H2,1-4H3,(H,34,35)(H,28,30,31). The fourth-order valence-corrected chi connectivity index (χ4v) is 3.92. The number of aromatic nitrogens is 4. The summed E-state index contributed by atoms with van der Waals surface area (Å²) in [5, 5.41) is 17.2. The molecule has 10 heteroatoms. The Labute approximate surface area is 208 Å². The molecule has 0 atom stereocenters. The Bertz CT molecular complexity index is 1380. The second-order valence-corrected chi connectivity index (χ2v) is 8.43. The molecule has 36 heavy (non-hydrogen) atoms. The molecular weight excluding hydrogens is 463 g/mol. The second-order valence-electron chi connectivity index (χ2n) is 8.43. The molecule has 0 spiro atoms. The molecule has 0 saturated heterocycles. The molecular formula is C26H29FN6O3. The Morgan fingerprint density at radius 1 is 1.17 bits per heavy atom.